The largest absolute Gasteiger partial charge is 1.00 e. The molecule has 0 aliphatic carbocycles. The van der Waals surface area contributed by atoms with E-state index in [9.17, 15) is 0 Å². The minimum absolute atomic E-state index is 0. The second-order valence-corrected chi connectivity index (χ2v) is 19.9. The minimum atomic E-state index is -1.96. The van der Waals surface area contributed by atoms with E-state index in [-0.39, 0.29) is 40.0 Å². The van der Waals surface area contributed by atoms with Gasteiger partial charge in [-0.2, -0.15) is 0 Å². The molecule has 1 N–H and O–H groups in total. The van der Waals surface area contributed by atoms with Crippen molar-refractivity contribution >= 4 is 8.32 Å². The van der Waals surface area contributed by atoms with Gasteiger partial charge in [-0.3, -0.25) is 0 Å². The SMILES string of the molecule is C[N+](C)(Cc1ccccc1)Cc1ccc(C(O[Si](C)(C)C)(c2ccc(C[N+](C)(C)Cc3ccccc3)cc2)[C@@H]2CCCN2)cc1.[Br-].[Br-]. The molecule has 0 unspecified atom stereocenters. The van der Waals surface area contributed by atoms with Gasteiger partial charge in [-0.25, -0.2) is 0 Å². The first-order valence-electron chi connectivity index (χ1n) is 16.7. The summed E-state index contributed by atoms with van der Waals surface area (Å²) in [5.74, 6) is 0. The lowest BCUT2D eigenvalue weighted by Gasteiger charge is -2.45. The maximum Gasteiger partial charge on any atom is 0.185 e. The minimum Gasteiger partial charge on any atom is -1.00 e. The molecule has 0 saturated carbocycles. The van der Waals surface area contributed by atoms with Crippen molar-refractivity contribution < 1.29 is 47.4 Å². The Balaban J connectivity index is 0.00000300. The van der Waals surface area contributed by atoms with Crippen molar-refractivity contribution in [2.24, 2.45) is 0 Å². The van der Waals surface area contributed by atoms with Crippen LogP contribution in [0.1, 0.15) is 46.2 Å². The van der Waals surface area contributed by atoms with Gasteiger partial charge in [0.1, 0.15) is 31.8 Å². The topological polar surface area (TPSA) is 21.3 Å². The van der Waals surface area contributed by atoms with E-state index in [1.165, 1.54) is 39.8 Å². The zero-order valence-corrected chi connectivity index (χ0v) is 33.7. The average Bonchev–Trinajstić information content (AvgIpc) is 3.52. The zero-order valence-electron chi connectivity index (χ0n) is 29.5. The van der Waals surface area contributed by atoms with Crippen molar-refractivity contribution in [3.05, 3.63) is 143 Å². The molecule has 0 bridgehead atoms. The Kier molecular flexibility index (Phi) is 13.8. The maximum atomic E-state index is 7.39. The number of halogens is 2. The van der Waals surface area contributed by atoms with Gasteiger partial charge >= 0.3 is 0 Å². The molecular formula is C40H55Br2N3OSi. The highest BCUT2D eigenvalue weighted by atomic mass is 79.9. The Morgan fingerprint density at radius 2 is 0.957 bits per heavy atom. The lowest BCUT2D eigenvalue weighted by Crippen LogP contribution is -3.00. The normalized spacial score (nSPS) is 15.5. The van der Waals surface area contributed by atoms with Gasteiger partial charge in [-0.15, -0.1) is 0 Å². The standard InChI is InChI=1S/C40H55N3OSi.2BrH/c1-42(2,29-33-15-10-8-11-16-33)31-35-20-24-37(25-21-35)40(44-45(5,6)7,39-19-14-28-41-39)38-26-22-36(23-27-38)32-43(3,4)30-34-17-12-9-13-18-34;;/h8-13,15-18,20-27,39,41H,14,19,28-32H2,1-7H3;2*1H/q+2;;/p-2/t39-;;/m0../s1. The van der Waals surface area contributed by atoms with Crippen LogP contribution in [0.15, 0.2) is 109 Å². The van der Waals surface area contributed by atoms with Gasteiger partial charge < -0.3 is 52.7 Å². The van der Waals surface area contributed by atoms with Crippen LogP contribution in [-0.2, 0) is 36.2 Å². The summed E-state index contributed by atoms with van der Waals surface area (Å²) in [6.45, 7) is 12.0. The predicted octanol–water partition coefficient (Wildman–Crippen LogP) is 2.09. The van der Waals surface area contributed by atoms with Crippen LogP contribution >= 0.6 is 0 Å². The van der Waals surface area contributed by atoms with Crippen molar-refractivity contribution in [1.82, 2.24) is 5.32 Å². The second-order valence-electron chi connectivity index (χ2n) is 15.5. The van der Waals surface area contributed by atoms with Gasteiger partial charge in [0.05, 0.1) is 28.2 Å². The molecule has 0 radical (unpaired) electrons. The van der Waals surface area contributed by atoms with E-state index in [1.807, 2.05) is 0 Å². The van der Waals surface area contributed by atoms with E-state index in [2.05, 4.69) is 162 Å². The van der Waals surface area contributed by atoms with Gasteiger partial charge in [-0.05, 0) is 50.2 Å². The fourth-order valence-electron chi connectivity index (χ4n) is 7.24. The third kappa shape index (κ3) is 10.7. The average molecular weight is 782 g/mol. The summed E-state index contributed by atoms with van der Waals surface area (Å²) in [6.07, 6.45) is 2.28. The molecule has 0 spiro atoms. The third-order valence-electron chi connectivity index (χ3n) is 8.91. The number of rotatable bonds is 13. The second kappa shape index (κ2) is 16.5. The Hall–Kier alpha value is -2.10. The van der Waals surface area contributed by atoms with Crippen LogP contribution in [0.5, 0.6) is 0 Å². The first-order valence-corrected chi connectivity index (χ1v) is 20.1. The summed E-state index contributed by atoms with van der Waals surface area (Å²) >= 11 is 0. The van der Waals surface area contributed by atoms with Crippen LogP contribution in [0.2, 0.25) is 19.6 Å². The maximum absolute atomic E-state index is 7.39. The molecule has 4 aromatic rings. The van der Waals surface area contributed by atoms with Gasteiger partial charge in [0.15, 0.2) is 8.32 Å². The summed E-state index contributed by atoms with van der Waals surface area (Å²) in [7, 11) is 7.33. The Bertz CT molecular complexity index is 1400. The first-order chi connectivity index (χ1) is 21.3. The Labute approximate surface area is 307 Å². The lowest BCUT2D eigenvalue weighted by molar-refractivity contribution is -0.916. The quantitative estimate of drug-likeness (QED) is 0.166. The molecular weight excluding hydrogens is 726 g/mol. The van der Waals surface area contributed by atoms with Crippen molar-refractivity contribution in [3.8, 4) is 0 Å². The van der Waals surface area contributed by atoms with Crippen LogP contribution < -0.4 is 39.3 Å². The molecule has 1 saturated heterocycles. The van der Waals surface area contributed by atoms with Gasteiger partial charge in [0.2, 0.25) is 0 Å². The first kappa shape index (κ1) is 39.3. The summed E-state index contributed by atoms with van der Waals surface area (Å²) in [4.78, 5) is 0. The van der Waals surface area contributed by atoms with Crippen LogP contribution in [0.3, 0.4) is 0 Å². The highest BCUT2D eigenvalue weighted by Crippen LogP contribution is 2.43. The molecule has 1 atom stereocenters. The van der Waals surface area contributed by atoms with Crippen LogP contribution in [-0.4, -0.2) is 58.1 Å². The van der Waals surface area contributed by atoms with Crippen LogP contribution in [0.25, 0.3) is 0 Å². The fraction of sp³-hybridized carbons (Fsp3) is 0.400. The molecule has 5 rings (SSSR count). The van der Waals surface area contributed by atoms with Crippen molar-refractivity contribution in [1.29, 1.82) is 0 Å². The molecule has 1 aliphatic heterocycles. The summed E-state index contributed by atoms with van der Waals surface area (Å²) in [5, 5.41) is 3.87. The number of quaternary nitrogens is 2. The van der Waals surface area contributed by atoms with E-state index in [0.717, 1.165) is 48.1 Å². The summed E-state index contributed by atoms with van der Waals surface area (Å²) < 4.78 is 9.20. The molecule has 0 amide bonds. The number of nitrogens with zero attached hydrogens (tertiary/aromatic N) is 2. The molecule has 1 aliphatic rings. The van der Waals surface area contributed by atoms with Crippen molar-refractivity contribution in [3.63, 3.8) is 0 Å². The van der Waals surface area contributed by atoms with Gasteiger partial charge in [-0.1, -0.05) is 109 Å². The number of hydrogen-bond acceptors (Lipinski definition) is 2. The van der Waals surface area contributed by atoms with E-state index in [1.54, 1.807) is 0 Å². The monoisotopic (exact) mass is 779 g/mol. The highest BCUT2D eigenvalue weighted by molar-refractivity contribution is 6.69. The molecule has 0 aromatic heterocycles. The summed E-state index contributed by atoms with van der Waals surface area (Å²) in [6, 6.07) is 40.7. The molecule has 4 aromatic carbocycles. The molecule has 4 nitrogen and oxygen atoms in total. The van der Waals surface area contributed by atoms with E-state index >= 15 is 0 Å². The van der Waals surface area contributed by atoms with Gasteiger partial charge in [0, 0.05) is 28.3 Å². The third-order valence-corrected chi connectivity index (χ3v) is 9.85. The molecule has 1 fully saturated rings. The van der Waals surface area contributed by atoms with Crippen molar-refractivity contribution in [2.75, 3.05) is 34.7 Å². The zero-order chi connectivity index (χ0) is 32.1. The highest BCUT2D eigenvalue weighted by Gasteiger charge is 2.47. The summed E-state index contributed by atoms with van der Waals surface area (Å²) in [5.41, 5.74) is 7.45. The molecule has 1 heterocycles. The van der Waals surface area contributed by atoms with Crippen molar-refractivity contribution in [2.45, 2.75) is 70.3 Å². The van der Waals surface area contributed by atoms with E-state index in [0.29, 0.717) is 0 Å². The van der Waals surface area contributed by atoms with E-state index < -0.39 is 13.9 Å². The number of nitrogens with one attached hydrogen (secondary N) is 1. The lowest BCUT2D eigenvalue weighted by atomic mass is 9.79. The number of benzene rings is 4. The molecule has 47 heavy (non-hydrogen) atoms. The smallest absolute Gasteiger partial charge is 0.185 e. The Morgan fingerprint density at radius 3 is 1.28 bits per heavy atom. The van der Waals surface area contributed by atoms with Crippen LogP contribution in [0, 0.1) is 0 Å². The van der Waals surface area contributed by atoms with Crippen LogP contribution in [0.4, 0.5) is 0 Å². The Morgan fingerprint density at radius 1 is 0.596 bits per heavy atom. The van der Waals surface area contributed by atoms with Gasteiger partial charge in [0.25, 0.3) is 0 Å². The molecule has 254 valence electrons. The number of hydrogen-bond donors (Lipinski definition) is 1. The fourth-order valence-corrected chi connectivity index (χ4v) is 8.59. The van der Waals surface area contributed by atoms with E-state index in [4.69, 9.17) is 4.43 Å². The predicted molar refractivity (Wildman–Crippen MR) is 191 cm³/mol. The molecule has 7 heteroatoms.